The molecule has 2 N–H and O–H groups in total. The number of hydrogen-bond acceptors (Lipinski definition) is 4. The molecule has 0 atom stereocenters. The number of hydrogen-bond donors (Lipinski definition) is 2. The van der Waals surface area contributed by atoms with E-state index in [4.69, 9.17) is 9.63 Å². The number of carbonyl (C=O) groups is 1. The summed E-state index contributed by atoms with van der Waals surface area (Å²) in [6.07, 6.45) is 1.57. The molecule has 0 aromatic carbocycles. The van der Waals surface area contributed by atoms with Crippen molar-refractivity contribution in [1.82, 2.24) is 10.5 Å². The Labute approximate surface area is 86.9 Å². The van der Waals surface area contributed by atoms with Crippen LogP contribution in [0.4, 0.5) is 0 Å². The lowest BCUT2D eigenvalue weighted by Crippen LogP contribution is -2.57. The van der Waals surface area contributed by atoms with Crippen LogP contribution in [0.1, 0.15) is 12.1 Å². The van der Waals surface area contributed by atoms with E-state index in [0.29, 0.717) is 13.1 Å². The molecule has 2 heterocycles. The highest BCUT2D eigenvalue weighted by atomic mass is 35.5. The summed E-state index contributed by atoms with van der Waals surface area (Å²) in [7, 11) is 0. The van der Waals surface area contributed by atoms with E-state index in [9.17, 15) is 4.79 Å². The Morgan fingerprint density at radius 1 is 1.71 bits per heavy atom. The van der Waals surface area contributed by atoms with Crippen molar-refractivity contribution in [3.8, 4) is 0 Å². The lowest BCUT2D eigenvalue weighted by Gasteiger charge is -2.39. The van der Waals surface area contributed by atoms with Gasteiger partial charge < -0.3 is 14.9 Å². The van der Waals surface area contributed by atoms with Crippen molar-refractivity contribution in [3.63, 3.8) is 0 Å². The van der Waals surface area contributed by atoms with Gasteiger partial charge in [0.25, 0.3) is 0 Å². The number of halogens is 1. The first-order chi connectivity index (χ1) is 6.23. The Morgan fingerprint density at radius 2 is 2.43 bits per heavy atom. The summed E-state index contributed by atoms with van der Waals surface area (Å²) >= 11 is 0. The number of aromatic nitrogens is 1. The number of carboxylic acids is 1. The minimum Gasteiger partial charge on any atom is -0.481 e. The molecule has 2 rings (SSSR count). The highest BCUT2D eigenvalue weighted by molar-refractivity contribution is 5.85. The van der Waals surface area contributed by atoms with Gasteiger partial charge in [-0.15, -0.1) is 12.4 Å². The minimum absolute atomic E-state index is 0. The molecule has 0 amide bonds. The Bertz CT molecular complexity index is 308. The molecule has 0 bridgehead atoms. The van der Waals surface area contributed by atoms with Crippen LogP contribution in [0.5, 0.6) is 0 Å². The van der Waals surface area contributed by atoms with Crippen LogP contribution in [0.2, 0.25) is 0 Å². The van der Waals surface area contributed by atoms with E-state index < -0.39 is 5.97 Å². The minimum atomic E-state index is -0.801. The summed E-state index contributed by atoms with van der Waals surface area (Å²) in [5.74, 6) is -0.801. The second-order valence-corrected chi connectivity index (χ2v) is 3.34. The molecule has 1 aliphatic rings. The van der Waals surface area contributed by atoms with Crippen molar-refractivity contribution in [2.75, 3.05) is 13.1 Å². The molecule has 6 heteroatoms. The molecular formula is C8H11ClN2O3. The molecule has 1 aromatic heterocycles. The molecule has 1 aromatic rings. The van der Waals surface area contributed by atoms with Crippen LogP contribution in [0.25, 0.3) is 0 Å². The van der Waals surface area contributed by atoms with Crippen molar-refractivity contribution in [1.29, 1.82) is 0 Å². The predicted octanol–water partition coefficient (Wildman–Crippen LogP) is 0.412. The first-order valence-electron chi connectivity index (χ1n) is 4.06. The van der Waals surface area contributed by atoms with E-state index in [1.165, 1.54) is 6.26 Å². The molecule has 0 radical (unpaired) electrons. The average Bonchev–Trinajstić information content (AvgIpc) is 2.48. The normalized spacial score (nSPS) is 18.0. The molecule has 0 saturated carbocycles. The highest BCUT2D eigenvalue weighted by Crippen LogP contribution is 2.30. The number of carboxylic acid groups (broad SMARTS) is 1. The molecule has 0 aliphatic carbocycles. The summed E-state index contributed by atoms with van der Waals surface area (Å²) in [4.78, 5) is 10.6. The van der Waals surface area contributed by atoms with Gasteiger partial charge in [0.1, 0.15) is 6.26 Å². The van der Waals surface area contributed by atoms with Crippen molar-refractivity contribution in [2.24, 2.45) is 0 Å². The van der Waals surface area contributed by atoms with Gasteiger partial charge in [-0.2, -0.15) is 0 Å². The van der Waals surface area contributed by atoms with Crippen LogP contribution < -0.4 is 5.32 Å². The molecule has 14 heavy (non-hydrogen) atoms. The Kier molecular flexibility index (Phi) is 3.13. The van der Waals surface area contributed by atoms with Gasteiger partial charge in [-0.25, -0.2) is 0 Å². The third kappa shape index (κ3) is 1.73. The quantitative estimate of drug-likeness (QED) is 0.769. The maximum atomic E-state index is 10.6. The van der Waals surface area contributed by atoms with Gasteiger partial charge in [0, 0.05) is 19.2 Å². The molecule has 78 valence electrons. The number of nitrogens with one attached hydrogen (secondary N) is 1. The van der Waals surface area contributed by atoms with E-state index in [-0.39, 0.29) is 24.2 Å². The fourth-order valence-corrected chi connectivity index (χ4v) is 1.60. The van der Waals surface area contributed by atoms with Crippen LogP contribution in [0.15, 0.2) is 16.9 Å². The molecule has 0 spiro atoms. The van der Waals surface area contributed by atoms with E-state index in [1.54, 1.807) is 6.07 Å². The van der Waals surface area contributed by atoms with Crippen molar-refractivity contribution in [2.45, 2.75) is 11.8 Å². The standard InChI is InChI=1S/C8H10N2O3.ClH/c11-7(12)3-8(4-9-5-8)6-1-2-13-10-6;/h1-2,9H,3-5H2,(H,11,12);1H. The lowest BCUT2D eigenvalue weighted by molar-refractivity contribution is -0.139. The van der Waals surface area contributed by atoms with Crippen LogP contribution in [-0.2, 0) is 10.2 Å². The van der Waals surface area contributed by atoms with Crippen molar-refractivity contribution < 1.29 is 14.4 Å². The summed E-state index contributed by atoms with van der Waals surface area (Å²) in [5.41, 5.74) is 0.382. The predicted molar refractivity (Wildman–Crippen MR) is 50.6 cm³/mol. The largest absolute Gasteiger partial charge is 0.481 e. The summed E-state index contributed by atoms with van der Waals surface area (Å²) < 4.78 is 4.71. The third-order valence-corrected chi connectivity index (χ3v) is 2.40. The first kappa shape index (κ1) is 11.0. The summed E-state index contributed by atoms with van der Waals surface area (Å²) in [6, 6.07) is 1.73. The number of nitrogens with zero attached hydrogens (tertiary/aromatic N) is 1. The van der Waals surface area contributed by atoms with Crippen molar-refractivity contribution >= 4 is 18.4 Å². The second kappa shape index (κ2) is 3.98. The highest BCUT2D eigenvalue weighted by Gasteiger charge is 2.42. The van der Waals surface area contributed by atoms with Gasteiger partial charge in [-0.05, 0) is 0 Å². The average molecular weight is 219 g/mol. The SMILES string of the molecule is Cl.O=C(O)CC1(c2ccon2)CNC1. The molecular weight excluding hydrogens is 208 g/mol. The fraction of sp³-hybridized carbons (Fsp3) is 0.500. The fourth-order valence-electron chi connectivity index (χ4n) is 1.60. The van der Waals surface area contributed by atoms with E-state index in [2.05, 4.69) is 10.5 Å². The van der Waals surface area contributed by atoms with Crippen LogP contribution >= 0.6 is 12.4 Å². The molecule has 5 nitrogen and oxygen atoms in total. The van der Waals surface area contributed by atoms with Gasteiger partial charge in [0.15, 0.2) is 0 Å². The zero-order chi connectivity index (χ0) is 9.31. The van der Waals surface area contributed by atoms with Gasteiger partial charge in [-0.3, -0.25) is 4.79 Å². The smallest absolute Gasteiger partial charge is 0.304 e. The Balaban J connectivity index is 0.000000980. The van der Waals surface area contributed by atoms with Crippen LogP contribution in [-0.4, -0.2) is 29.3 Å². The molecule has 1 aliphatic heterocycles. The van der Waals surface area contributed by atoms with E-state index in [0.717, 1.165) is 5.69 Å². The topological polar surface area (TPSA) is 75.4 Å². The Morgan fingerprint density at radius 3 is 2.79 bits per heavy atom. The maximum Gasteiger partial charge on any atom is 0.304 e. The first-order valence-corrected chi connectivity index (χ1v) is 4.06. The summed E-state index contributed by atoms with van der Waals surface area (Å²) in [6.45, 7) is 1.32. The van der Waals surface area contributed by atoms with Gasteiger partial charge in [0.2, 0.25) is 0 Å². The van der Waals surface area contributed by atoms with Crippen molar-refractivity contribution in [3.05, 3.63) is 18.0 Å². The van der Waals surface area contributed by atoms with Gasteiger partial charge in [0.05, 0.1) is 17.5 Å². The van der Waals surface area contributed by atoms with Gasteiger partial charge in [-0.1, -0.05) is 5.16 Å². The molecule has 0 unspecified atom stereocenters. The van der Waals surface area contributed by atoms with E-state index >= 15 is 0 Å². The number of rotatable bonds is 3. The lowest BCUT2D eigenvalue weighted by atomic mass is 9.76. The zero-order valence-electron chi connectivity index (χ0n) is 7.40. The van der Waals surface area contributed by atoms with Crippen LogP contribution in [0.3, 0.4) is 0 Å². The third-order valence-electron chi connectivity index (χ3n) is 2.40. The number of aliphatic carboxylic acids is 1. The van der Waals surface area contributed by atoms with Gasteiger partial charge >= 0.3 is 5.97 Å². The van der Waals surface area contributed by atoms with Crippen LogP contribution in [0, 0.1) is 0 Å². The molecule has 1 fully saturated rings. The zero-order valence-corrected chi connectivity index (χ0v) is 8.21. The van der Waals surface area contributed by atoms with E-state index in [1.807, 2.05) is 0 Å². The molecule has 1 saturated heterocycles. The monoisotopic (exact) mass is 218 g/mol. The maximum absolute atomic E-state index is 10.6. The Hall–Kier alpha value is -1.07. The summed E-state index contributed by atoms with van der Waals surface area (Å²) in [5, 5.41) is 15.6. The second-order valence-electron chi connectivity index (χ2n) is 3.34.